The molecule has 1 aliphatic rings. The summed E-state index contributed by atoms with van der Waals surface area (Å²) >= 11 is 0. The molecule has 0 spiro atoms. The van der Waals surface area contributed by atoms with E-state index in [2.05, 4.69) is 10.6 Å². The van der Waals surface area contributed by atoms with E-state index < -0.39 is 67.5 Å². The van der Waals surface area contributed by atoms with Gasteiger partial charge < -0.3 is 44.4 Å². The van der Waals surface area contributed by atoms with E-state index in [1.165, 1.54) is 19.1 Å². The van der Waals surface area contributed by atoms with Gasteiger partial charge in [0.15, 0.2) is 0 Å². The van der Waals surface area contributed by atoms with Gasteiger partial charge in [-0.05, 0) is 36.7 Å². The second-order valence-electron chi connectivity index (χ2n) is 14.2. The van der Waals surface area contributed by atoms with Crippen LogP contribution in [0.3, 0.4) is 0 Å². The van der Waals surface area contributed by atoms with Gasteiger partial charge in [0.1, 0.15) is 11.8 Å². The summed E-state index contributed by atoms with van der Waals surface area (Å²) in [6.07, 6.45) is 0.602. The van der Waals surface area contributed by atoms with Gasteiger partial charge in [-0.15, -0.1) is 0 Å². The van der Waals surface area contributed by atoms with Crippen LogP contribution in [0.4, 0.5) is 4.79 Å². The van der Waals surface area contributed by atoms with Crippen LogP contribution in [0.25, 0.3) is 0 Å². The predicted octanol–water partition coefficient (Wildman–Crippen LogP) is 4.89. The number of nitrogens with zero attached hydrogens (tertiary/aromatic N) is 2. The Bertz CT molecular complexity index is 1330. The Morgan fingerprint density at radius 3 is 2.23 bits per heavy atom. The lowest BCUT2D eigenvalue weighted by Gasteiger charge is -2.40. The lowest BCUT2D eigenvalue weighted by Crippen LogP contribution is -2.57. The molecule has 14 nitrogen and oxygen atoms in total. The molecule has 15 heteroatoms. The van der Waals surface area contributed by atoms with Crippen molar-refractivity contribution in [2.24, 2.45) is 17.8 Å². The van der Waals surface area contributed by atoms with Crippen LogP contribution in [-0.2, 0) is 39.4 Å². The maximum atomic E-state index is 14.1. The van der Waals surface area contributed by atoms with Gasteiger partial charge in [0, 0.05) is 34.2 Å². The van der Waals surface area contributed by atoms with Gasteiger partial charge in [-0.2, -0.15) is 0 Å². The van der Waals surface area contributed by atoms with Crippen molar-refractivity contribution in [2.75, 3.05) is 34.4 Å². The number of unbranched alkanes of at least 4 members (excludes halogenated alkanes) is 1. The second kappa shape index (κ2) is 21.6. The molecular formula is C37H63N4O10P. The molecule has 0 bridgehead atoms. The standard InChI is InChI=1S/C37H63N4O10P/c1-10-12-21-51-52(47,48)30(22-27-17-14-13-15-18-27)38-35(43)26(6)34(50-9)28-19-16-20-41(28)31(42)23-29(49-8)33(25(5)11-2)40(7)36(44)32(24(3)4)39-37(45)46/h13-15,17-18,24-26,28-30,32-34,39H,10-12,16,19-23H2,1-9H3,(H,38,43)(H,45,46)(H,47,48)/t25-,26+,28-,29-,30?,32-,33-,34+/m0/s1. The fourth-order valence-corrected chi connectivity index (χ4v) is 8.29. The highest BCUT2D eigenvalue weighted by molar-refractivity contribution is 7.53. The molecule has 1 aromatic carbocycles. The summed E-state index contributed by atoms with van der Waals surface area (Å²) in [5, 5.41) is 14.5. The number of nitrogens with one attached hydrogen (secondary N) is 2. The summed E-state index contributed by atoms with van der Waals surface area (Å²) in [6, 6.07) is 7.13. The number of methoxy groups -OCH3 is 2. The summed E-state index contributed by atoms with van der Waals surface area (Å²) in [7, 11) is 0.313. The molecule has 1 aliphatic heterocycles. The zero-order valence-corrected chi connectivity index (χ0v) is 33.3. The molecular weight excluding hydrogens is 691 g/mol. The highest BCUT2D eigenvalue weighted by Gasteiger charge is 2.44. The molecule has 2 unspecified atom stereocenters. The number of ether oxygens (including phenoxy) is 2. The zero-order valence-electron chi connectivity index (χ0n) is 32.4. The smallest absolute Gasteiger partial charge is 0.405 e. The average Bonchev–Trinajstić information content (AvgIpc) is 3.59. The van der Waals surface area contributed by atoms with Gasteiger partial charge in [0.25, 0.3) is 0 Å². The summed E-state index contributed by atoms with van der Waals surface area (Å²) in [6.45, 7) is 11.6. The van der Waals surface area contributed by atoms with Crippen LogP contribution in [0.1, 0.15) is 85.6 Å². The first-order valence-corrected chi connectivity index (χ1v) is 20.1. The Kier molecular flexibility index (Phi) is 18.8. The van der Waals surface area contributed by atoms with Gasteiger partial charge in [0.2, 0.25) is 17.7 Å². The van der Waals surface area contributed by atoms with Gasteiger partial charge in [0.05, 0.1) is 43.2 Å². The number of amides is 4. The Morgan fingerprint density at radius 2 is 1.69 bits per heavy atom. The largest absolute Gasteiger partial charge is 0.465 e. The van der Waals surface area contributed by atoms with Crippen molar-refractivity contribution < 1.29 is 47.7 Å². The van der Waals surface area contributed by atoms with Crippen LogP contribution in [0, 0.1) is 17.8 Å². The number of rotatable bonds is 22. The molecule has 1 heterocycles. The molecule has 296 valence electrons. The molecule has 0 radical (unpaired) electrons. The second-order valence-corrected chi connectivity index (χ2v) is 16.2. The first-order valence-electron chi connectivity index (χ1n) is 18.5. The molecule has 4 N–H and O–H groups in total. The third-order valence-electron chi connectivity index (χ3n) is 10.2. The summed E-state index contributed by atoms with van der Waals surface area (Å²) < 4.78 is 30.6. The maximum absolute atomic E-state index is 14.1. The lowest BCUT2D eigenvalue weighted by atomic mass is 9.89. The third kappa shape index (κ3) is 12.5. The van der Waals surface area contributed by atoms with E-state index in [0.29, 0.717) is 32.2 Å². The number of carbonyl (C=O) groups excluding carboxylic acids is 3. The van der Waals surface area contributed by atoms with E-state index in [0.717, 1.165) is 12.0 Å². The quantitative estimate of drug-likeness (QED) is 0.0940. The van der Waals surface area contributed by atoms with E-state index in [1.54, 1.807) is 32.7 Å². The molecule has 52 heavy (non-hydrogen) atoms. The van der Waals surface area contributed by atoms with Gasteiger partial charge in [-0.3, -0.25) is 18.9 Å². The number of benzene rings is 1. The number of hydrogen-bond donors (Lipinski definition) is 4. The molecule has 0 aromatic heterocycles. The number of likely N-dealkylation sites (N-methyl/N-ethyl adjacent to an activating group) is 1. The Labute approximate surface area is 309 Å². The first kappa shape index (κ1) is 45.1. The Hall–Kier alpha value is -3.03. The van der Waals surface area contributed by atoms with Crippen molar-refractivity contribution >= 4 is 31.4 Å². The van der Waals surface area contributed by atoms with Crippen LogP contribution in [-0.4, -0.2) is 114 Å². The van der Waals surface area contributed by atoms with Gasteiger partial charge in [-0.1, -0.05) is 84.7 Å². The topological polar surface area (TPSA) is 184 Å². The van der Waals surface area contributed by atoms with E-state index in [9.17, 15) is 33.7 Å². The summed E-state index contributed by atoms with van der Waals surface area (Å²) in [4.78, 5) is 67.2. The van der Waals surface area contributed by atoms with Crippen molar-refractivity contribution in [1.82, 2.24) is 20.4 Å². The first-order chi connectivity index (χ1) is 24.5. The van der Waals surface area contributed by atoms with Crippen molar-refractivity contribution in [3.05, 3.63) is 35.9 Å². The van der Waals surface area contributed by atoms with Crippen LogP contribution < -0.4 is 10.6 Å². The summed E-state index contributed by atoms with van der Waals surface area (Å²) in [5.41, 5.74) is 0.762. The van der Waals surface area contributed by atoms with Crippen molar-refractivity contribution in [1.29, 1.82) is 0 Å². The fourth-order valence-electron chi connectivity index (χ4n) is 6.98. The van der Waals surface area contributed by atoms with Crippen molar-refractivity contribution in [3.8, 4) is 0 Å². The molecule has 2 rings (SSSR count). The van der Waals surface area contributed by atoms with Gasteiger partial charge >= 0.3 is 13.7 Å². The SMILES string of the molecule is CCCCOP(=O)(O)C(Cc1ccccc1)NC(=O)[C@H](C)[C@@H](OC)[C@@H]1CCCN1C(=O)C[C@H](OC)[C@H]([C@@H](C)CC)N(C)C(=O)[C@@H](NC(=O)O)C(C)C. The number of likely N-dealkylation sites (tertiary alicyclic amines) is 1. The van der Waals surface area contributed by atoms with Gasteiger partial charge in [-0.25, -0.2) is 4.79 Å². The number of hydrogen-bond acceptors (Lipinski definition) is 8. The summed E-state index contributed by atoms with van der Waals surface area (Å²) in [5.74, 6) is -3.54. The normalized spacial score (nSPS) is 19.8. The van der Waals surface area contributed by atoms with E-state index in [-0.39, 0.29) is 37.2 Å². The monoisotopic (exact) mass is 754 g/mol. The van der Waals surface area contributed by atoms with Crippen LogP contribution in [0.5, 0.6) is 0 Å². The van der Waals surface area contributed by atoms with E-state index in [4.69, 9.17) is 14.0 Å². The van der Waals surface area contributed by atoms with Crippen LogP contribution >= 0.6 is 7.60 Å². The minimum absolute atomic E-state index is 0.0582. The number of carboxylic acid groups (broad SMARTS) is 1. The maximum Gasteiger partial charge on any atom is 0.405 e. The minimum Gasteiger partial charge on any atom is -0.465 e. The Morgan fingerprint density at radius 1 is 1.04 bits per heavy atom. The fraction of sp³-hybridized carbons (Fsp3) is 0.730. The molecule has 1 aromatic rings. The van der Waals surface area contributed by atoms with E-state index in [1.807, 2.05) is 51.1 Å². The predicted molar refractivity (Wildman–Crippen MR) is 199 cm³/mol. The molecule has 0 saturated carbocycles. The zero-order chi connectivity index (χ0) is 39.2. The molecule has 0 aliphatic carbocycles. The third-order valence-corrected chi connectivity index (χ3v) is 11.9. The molecule has 1 saturated heterocycles. The molecule has 9 atom stereocenters. The van der Waals surface area contributed by atoms with Crippen LogP contribution in [0.2, 0.25) is 0 Å². The molecule has 4 amide bonds. The molecule has 1 fully saturated rings. The number of carbonyl (C=O) groups is 4. The average molecular weight is 755 g/mol. The highest BCUT2D eigenvalue weighted by atomic mass is 31.2. The Balaban J connectivity index is 2.29. The minimum atomic E-state index is -4.27. The van der Waals surface area contributed by atoms with Crippen molar-refractivity contribution in [2.45, 2.75) is 123 Å². The van der Waals surface area contributed by atoms with E-state index >= 15 is 0 Å². The van der Waals surface area contributed by atoms with Crippen molar-refractivity contribution in [3.63, 3.8) is 0 Å². The lowest BCUT2D eigenvalue weighted by molar-refractivity contribution is -0.147. The highest BCUT2D eigenvalue weighted by Crippen LogP contribution is 2.48. The van der Waals surface area contributed by atoms with Crippen LogP contribution in [0.15, 0.2) is 30.3 Å².